The maximum absolute atomic E-state index is 11.7. The number of nitrogens with zero attached hydrogens (tertiary/aromatic N) is 1. The molecule has 2 rings (SSSR count). The minimum absolute atomic E-state index is 0.327. The van der Waals surface area contributed by atoms with Gasteiger partial charge in [0.2, 0.25) is 0 Å². The average Bonchev–Trinajstić information content (AvgIpc) is 2.43. The van der Waals surface area contributed by atoms with E-state index < -0.39 is 6.09 Å². The van der Waals surface area contributed by atoms with Crippen LogP contribution in [0.15, 0.2) is 41.0 Å². The molecule has 1 heterocycles. The van der Waals surface area contributed by atoms with Gasteiger partial charge in [0.25, 0.3) is 0 Å². The molecule has 0 aliphatic carbocycles. The van der Waals surface area contributed by atoms with Crippen molar-refractivity contribution in [1.82, 2.24) is 4.98 Å². The quantitative estimate of drug-likeness (QED) is 0.898. The number of amides is 1. The van der Waals surface area contributed by atoms with Crippen LogP contribution in [-0.4, -0.2) is 18.2 Å². The molecule has 1 amide bonds. The molecule has 7 heteroatoms. The van der Waals surface area contributed by atoms with Crippen LogP contribution in [-0.2, 0) is 0 Å². The zero-order chi connectivity index (χ0) is 14.5. The lowest BCUT2D eigenvalue weighted by atomic mass is 10.3. The molecule has 2 aromatic rings. The van der Waals surface area contributed by atoms with E-state index in [1.165, 1.54) is 6.20 Å². The van der Waals surface area contributed by atoms with Crippen molar-refractivity contribution < 1.29 is 14.3 Å². The van der Waals surface area contributed by atoms with Gasteiger partial charge in [-0.15, -0.1) is 0 Å². The number of halogens is 2. The van der Waals surface area contributed by atoms with Crippen LogP contribution < -0.4 is 14.8 Å². The van der Waals surface area contributed by atoms with Crippen molar-refractivity contribution in [2.45, 2.75) is 0 Å². The van der Waals surface area contributed by atoms with Crippen molar-refractivity contribution in [3.8, 4) is 11.5 Å². The van der Waals surface area contributed by atoms with Gasteiger partial charge in [0.1, 0.15) is 17.3 Å². The van der Waals surface area contributed by atoms with Gasteiger partial charge < -0.3 is 9.47 Å². The van der Waals surface area contributed by atoms with E-state index in [0.29, 0.717) is 26.8 Å². The van der Waals surface area contributed by atoms with Crippen molar-refractivity contribution >= 4 is 39.4 Å². The van der Waals surface area contributed by atoms with E-state index in [4.69, 9.17) is 21.1 Å². The van der Waals surface area contributed by atoms with Crippen LogP contribution in [0.4, 0.5) is 10.6 Å². The summed E-state index contributed by atoms with van der Waals surface area (Å²) in [4.78, 5) is 15.7. The van der Waals surface area contributed by atoms with E-state index >= 15 is 0 Å². The maximum atomic E-state index is 11.7. The van der Waals surface area contributed by atoms with Crippen LogP contribution in [0, 0.1) is 0 Å². The smallest absolute Gasteiger partial charge is 0.418 e. The van der Waals surface area contributed by atoms with E-state index in [-0.39, 0.29) is 0 Å². The lowest BCUT2D eigenvalue weighted by Crippen LogP contribution is -2.17. The molecule has 5 nitrogen and oxygen atoms in total. The molecule has 0 spiro atoms. The molecule has 0 saturated carbocycles. The van der Waals surface area contributed by atoms with Crippen LogP contribution >= 0.6 is 27.5 Å². The summed E-state index contributed by atoms with van der Waals surface area (Å²) in [6.45, 7) is 0. The molecule has 0 bridgehead atoms. The number of hydrogen-bond acceptors (Lipinski definition) is 4. The first-order valence-corrected chi connectivity index (χ1v) is 6.69. The summed E-state index contributed by atoms with van der Waals surface area (Å²) >= 11 is 9.01. The zero-order valence-electron chi connectivity index (χ0n) is 10.4. The molecule has 1 N–H and O–H groups in total. The maximum Gasteiger partial charge on any atom is 0.418 e. The Labute approximate surface area is 129 Å². The number of benzene rings is 1. The second kappa shape index (κ2) is 6.58. The van der Waals surface area contributed by atoms with Gasteiger partial charge in [0.05, 0.1) is 16.6 Å². The van der Waals surface area contributed by atoms with E-state index in [0.717, 1.165) is 0 Å². The van der Waals surface area contributed by atoms with E-state index in [2.05, 4.69) is 26.2 Å². The normalized spacial score (nSPS) is 9.95. The van der Waals surface area contributed by atoms with Crippen molar-refractivity contribution in [2.24, 2.45) is 0 Å². The molecule has 0 fully saturated rings. The molecule has 0 radical (unpaired) electrons. The van der Waals surface area contributed by atoms with Gasteiger partial charge in [0, 0.05) is 6.20 Å². The Morgan fingerprint density at radius 1 is 1.30 bits per heavy atom. The van der Waals surface area contributed by atoms with Crippen LogP contribution in [0.5, 0.6) is 11.5 Å². The Balaban J connectivity index is 2.01. The molecule has 1 aromatic heterocycles. The van der Waals surface area contributed by atoms with Crippen LogP contribution in [0.25, 0.3) is 0 Å². The van der Waals surface area contributed by atoms with Crippen LogP contribution in [0.2, 0.25) is 5.02 Å². The molecular weight excluding hydrogens is 348 g/mol. The first-order valence-electron chi connectivity index (χ1n) is 5.52. The van der Waals surface area contributed by atoms with Crippen molar-refractivity contribution in [3.05, 3.63) is 46.0 Å². The number of methoxy groups -OCH3 is 1. The third kappa shape index (κ3) is 3.85. The number of nitrogens with one attached hydrogen (secondary N) is 1. The van der Waals surface area contributed by atoms with Crippen LogP contribution in [0.3, 0.4) is 0 Å². The standard InChI is InChI=1S/C13H10BrClN2O3/c1-19-9-2-4-10(5-3-9)20-13(18)17-12-11(14)6-8(15)7-16-12/h2-7H,1H3,(H,16,17,18). The largest absolute Gasteiger partial charge is 0.497 e. The SMILES string of the molecule is COc1ccc(OC(=O)Nc2ncc(Cl)cc2Br)cc1. The monoisotopic (exact) mass is 356 g/mol. The average molecular weight is 358 g/mol. The van der Waals surface area contributed by atoms with Gasteiger partial charge in [-0.2, -0.15) is 0 Å². The van der Waals surface area contributed by atoms with Gasteiger partial charge in [-0.1, -0.05) is 11.6 Å². The predicted octanol–water partition coefficient (Wildman–Crippen LogP) is 4.12. The van der Waals surface area contributed by atoms with Gasteiger partial charge >= 0.3 is 6.09 Å². The topological polar surface area (TPSA) is 60.5 Å². The molecule has 0 aliphatic rings. The summed E-state index contributed by atoms with van der Waals surface area (Å²) in [6.07, 6.45) is 0.778. The number of pyridine rings is 1. The number of rotatable bonds is 3. The number of aromatic nitrogens is 1. The Bertz CT molecular complexity index is 620. The summed E-state index contributed by atoms with van der Waals surface area (Å²) in [7, 11) is 1.56. The summed E-state index contributed by atoms with van der Waals surface area (Å²) in [5.41, 5.74) is 0. The fourth-order valence-corrected chi connectivity index (χ4v) is 2.12. The number of carbonyl (C=O) groups is 1. The van der Waals surface area contributed by atoms with E-state index in [9.17, 15) is 4.79 Å². The van der Waals surface area contributed by atoms with Crippen molar-refractivity contribution in [1.29, 1.82) is 0 Å². The summed E-state index contributed by atoms with van der Waals surface area (Å²) in [6, 6.07) is 8.27. The molecule has 0 atom stereocenters. The predicted molar refractivity (Wildman–Crippen MR) is 79.6 cm³/mol. The summed E-state index contributed by atoms with van der Waals surface area (Å²) in [5.74, 6) is 1.40. The number of anilines is 1. The number of ether oxygens (including phenoxy) is 2. The van der Waals surface area contributed by atoms with Gasteiger partial charge in [0.15, 0.2) is 0 Å². The Morgan fingerprint density at radius 2 is 1.95 bits per heavy atom. The van der Waals surface area contributed by atoms with Gasteiger partial charge in [-0.3, -0.25) is 5.32 Å². The molecule has 0 saturated heterocycles. The van der Waals surface area contributed by atoms with Crippen molar-refractivity contribution in [3.63, 3.8) is 0 Å². The zero-order valence-corrected chi connectivity index (χ0v) is 12.7. The lowest BCUT2D eigenvalue weighted by Gasteiger charge is -2.08. The fourth-order valence-electron chi connectivity index (χ4n) is 1.38. The lowest BCUT2D eigenvalue weighted by molar-refractivity contribution is 0.215. The minimum atomic E-state index is -0.648. The molecular formula is C13H10BrClN2O3. The van der Waals surface area contributed by atoms with Gasteiger partial charge in [-0.25, -0.2) is 9.78 Å². The third-order valence-electron chi connectivity index (χ3n) is 2.30. The number of hydrogen-bond donors (Lipinski definition) is 1. The fraction of sp³-hybridized carbons (Fsp3) is 0.0769. The Morgan fingerprint density at radius 3 is 2.55 bits per heavy atom. The Hall–Kier alpha value is -1.79. The van der Waals surface area contributed by atoms with E-state index in [1.807, 2.05) is 0 Å². The minimum Gasteiger partial charge on any atom is -0.497 e. The molecule has 20 heavy (non-hydrogen) atoms. The molecule has 0 unspecified atom stereocenters. The molecule has 1 aromatic carbocycles. The first-order chi connectivity index (χ1) is 9.58. The van der Waals surface area contributed by atoms with Crippen molar-refractivity contribution in [2.75, 3.05) is 12.4 Å². The van der Waals surface area contributed by atoms with E-state index in [1.54, 1.807) is 37.4 Å². The van der Waals surface area contributed by atoms with Gasteiger partial charge in [-0.05, 0) is 46.3 Å². The highest BCUT2D eigenvalue weighted by molar-refractivity contribution is 9.10. The molecule has 0 aliphatic heterocycles. The molecule has 104 valence electrons. The summed E-state index contributed by atoms with van der Waals surface area (Å²) in [5, 5.41) is 2.97. The third-order valence-corrected chi connectivity index (χ3v) is 3.11. The second-order valence-corrected chi connectivity index (χ2v) is 4.96. The second-order valence-electron chi connectivity index (χ2n) is 3.67. The first kappa shape index (κ1) is 14.6. The number of carbonyl (C=O) groups excluding carboxylic acids is 1. The highest BCUT2D eigenvalue weighted by Gasteiger charge is 2.09. The summed E-state index contributed by atoms with van der Waals surface area (Å²) < 4.78 is 10.7. The van der Waals surface area contributed by atoms with Crippen LogP contribution in [0.1, 0.15) is 0 Å². The Kier molecular flexibility index (Phi) is 4.81. The highest BCUT2D eigenvalue weighted by atomic mass is 79.9. The highest BCUT2D eigenvalue weighted by Crippen LogP contribution is 2.23.